The lowest BCUT2D eigenvalue weighted by molar-refractivity contribution is -0.906. The van der Waals surface area contributed by atoms with E-state index in [1.807, 2.05) is 22.6 Å². The molecule has 0 fully saturated rings. The van der Waals surface area contributed by atoms with Crippen LogP contribution in [0.25, 0.3) is 0 Å². The summed E-state index contributed by atoms with van der Waals surface area (Å²) >= 11 is 1.16. The molecule has 1 atom stereocenters. The van der Waals surface area contributed by atoms with Crippen LogP contribution in [-0.2, 0) is 4.74 Å². The fourth-order valence-electron chi connectivity index (χ4n) is 1.05. The Morgan fingerprint density at radius 2 is 2.00 bits per heavy atom. The van der Waals surface area contributed by atoms with Crippen molar-refractivity contribution in [2.45, 2.75) is 15.5 Å². The molecule has 0 aliphatic heterocycles. The van der Waals surface area contributed by atoms with Crippen LogP contribution < -0.4 is 0 Å². The number of likely N-dealkylation sites (N-methyl/N-ethyl adjacent to an activating group) is 1. The molecule has 15 heavy (non-hydrogen) atoms. The number of halogens is 3. The van der Waals surface area contributed by atoms with Crippen molar-refractivity contribution in [3.63, 3.8) is 0 Å². The van der Waals surface area contributed by atoms with E-state index in [0.717, 1.165) is 24.1 Å². The maximum absolute atomic E-state index is 13.4. The first-order chi connectivity index (χ1) is 6.89. The third-order valence-corrected chi connectivity index (χ3v) is 6.44. The Bertz CT molecular complexity index is 196. The summed E-state index contributed by atoms with van der Waals surface area (Å²) in [6, 6.07) is 0. The first kappa shape index (κ1) is 16.2. The Labute approximate surface area is 116 Å². The Morgan fingerprint density at radius 1 is 1.47 bits per heavy atom. The SMILES string of the molecule is C=IC(F)(I)COCC[N+](C)(CC)CC. The summed E-state index contributed by atoms with van der Waals surface area (Å²) in [7, 11) is 2.20. The lowest BCUT2D eigenvalue weighted by Gasteiger charge is -2.32. The van der Waals surface area contributed by atoms with E-state index in [1.165, 1.54) is 0 Å². The van der Waals surface area contributed by atoms with Crippen LogP contribution in [0.1, 0.15) is 13.8 Å². The van der Waals surface area contributed by atoms with Crippen molar-refractivity contribution in [1.29, 1.82) is 0 Å². The molecule has 1 unspecified atom stereocenters. The summed E-state index contributed by atoms with van der Waals surface area (Å²) in [6.07, 6.45) is 0. The summed E-state index contributed by atoms with van der Waals surface area (Å²) in [6.45, 7) is 8.30. The Kier molecular flexibility index (Phi) is 8.08. The van der Waals surface area contributed by atoms with E-state index >= 15 is 0 Å². The fourth-order valence-corrected chi connectivity index (χ4v) is 1.71. The molecule has 0 N–H and O–H groups in total. The second-order valence-electron chi connectivity index (χ2n) is 3.78. The predicted octanol–water partition coefficient (Wildman–Crippen LogP) is 2.95. The van der Waals surface area contributed by atoms with E-state index in [9.17, 15) is 4.39 Å². The molecule has 0 saturated heterocycles. The molecule has 0 radical (unpaired) electrons. The van der Waals surface area contributed by atoms with Crippen LogP contribution in [0, 0.1) is 0 Å². The van der Waals surface area contributed by atoms with Gasteiger partial charge in [0.25, 0.3) is 0 Å². The van der Waals surface area contributed by atoms with Gasteiger partial charge in [-0.3, -0.25) is 0 Å². The van der Waals surface area contributed by atoms with E-state index in [2.05, 4.69) is 25.4 Å². The summed E-state index contributed by atoms with van der Waals surface area (Å²) in [4.78, 5) is 0. The monoisotopic (exact) mass is 444 g/mol. The molecule has 5 heteroatoms. The van der Waals surface area contributed by atoms with Gasteiger partial charge < -0.3 is 9.22 Å². The maximum atomic E-state index is 13.4. The minimum absolute atomic E-state index is 0.192. The number of hydrogen-bond acceptors (Lipinski definition) is 1. The molecule has 0 aromatic heterocycles. The van der Waals surface area contributed by atoms with Crippen molar-refractivity contribution >= 4 is 47.8 Å². The van der Waals surface area contributed by atoms with Gasteiger partial charge in [-0.2, -0.15) is 0 Å². The topological polar surface area (TPSA) is 9.23 Å². The van der Waals surface area contributed by atoms with E-state index < -0.39 is 22.4 Å². The van der Waals surface area contributed by atoms with Crippen molar-refractivity contribution < 1.29 is 13.6 Å². The zero-order chi connectivity index (χ0) is 11.9. The summed E-state index contributed by atoms with van der Waals surface area (Å²) in [5.41, 5.74) is 0. The molecule has 92 valence electrons. The lowest BCUT2D eigenvalue weighted by Crippen LogP contribution is -2.46. The zero-order valence-electron chi connectivity index (χ0n) is 9.73. The number of alkyl halides is 3. The van der Waals surface area contributed by atoms with E-state index in [-0.39, 0.29) is 6.61 Å². The van der Waals surface area contributed by atoms with Crippen LogP contribution in [0.2, 0.25) is 0 Å². The lowest BCUT2D eigenvalue weighted by atomic mass is 10.4. The molecule has 0 spiro atoms. The molecular formula is C10H21FI2NO+. The van der Waals surface area contributed by atoms with Gasteiger partial charge >= 0.3 is 0 Å². The van der Waals surface area contributed by atoms with Crippen molar-refractivity contribution in [3.8, 4) is 0 Å². The Balaban J connectivity index is 3.75. The van der Waals surface area contributed by atoms with Crippen LogP contribution in [-0.4, -0.2) is 50.6 Å². The maximum Gasteiger partial charge on any atom is 0.228 e. The number of ether oxygens (including phenoxy) is 1. The third-order valence-electron chi connectivity index (χ3n) is 2.76. The minimum Gasteiger partial charge on any atom is -0.371 e. The van der Waals surface area contributed by atoms with Crippen LogP contribution in [0.15, 0.2) is 0 Å². The highest BCUT2D eigenvalue weighted by molar-refractivity contribution is 14.2. The molecule has 0 aliphatic rings. The van der Waals surface area contributed by atoms with Crippen molar-refractivity contribution in [1.82, 2.24) is 0 Å². The fraction of sp³-hybridized carbons (Fsp3) is 0.900. The van der Waals surface area contributed by atoms with Gasteiger partial charge in [0.05, 0.1) is 33.4 Å². The molecular weight excluding hydrogens is 423 g/mol. The van der Waals surface area contributed by atoms with Gasteiger partial charge in [0, 0.05) is 0 Å². The molecule has 0 aliphatic carbocycles. The van der Waals surface area contributed by atoms with Crippen LogP contribution in [0.5, 0.6) is 0 Å². The largest absolute Gasteiger partial charge is 0.371 e. The second-order valence-corrected chi connectivity index (χ2v) is 10.0. The Morgan fingerprint density at radius 3 is 2.40 bits per heavy atom. The molecule has 2 nitrogen and oxygen atoms in total. The van der Waals surface area contributed by atoms with E-state index in [4.69, 9.17) is 4.74 Å². The predicted molar refractivity (Wildman–Crippen MR) is 82.0 cm³/mol. The smallest absolute Gasteiger partial charge is 0.228 e. The minimum atomic E-state index is -1.20. The van der Waals surface area contributed by atoms with E-state index in [1.54, 1.807) is 0 Å². The number of quaternary nitrogens is 1. The van der Waals surface area contributed by atoms with Gasteiger partial charge in [0.1, 0.15) is 6.54 Å². The van der Waals surface area contributed by atoms with Gasteiger partial charge in [-0.1, -0.05) is 25.2 Å². The number of nitrogens with zero attached hydrogens (tertiary/aromatic N) is 1. The van der Waals surface area contributed by atoms with Crippen molar-refractivity contribution in [2.75, 3.05) is 39.9 Å². The molecule has 0 bridgehead atoms. The summed E-state index contributed by atoms with van der Waals surface area (Å²) in [5.74, 6) is 0. The van der Waals surface area contributed by atoms with Crippen LogP contribution in [0.4, 0.5) is 4.39 Å². The first-order valence-corrected chi connectivity index (χ1v) is 8.76. The molecule has 0 saturated carbocycles. The average Bonchev–Trinajstić information content (AvgIpc) is 2.24. The number of rotatable bonds is 8. The number of hydrogen-bond donors (Lipinski definition) is 0. The molecule has 0 rings (SSSR count). The van der Waals surface area contributed by atoms with Gasteiger partial charge in [-0.25, -0.2) is 4.39 Å². The van der Waals surface area contributed by atoms with Gasteiger partial charge in [-0.15, -0.1) is 0 Å². The molecule has 0 aromatic carbocycles. The second kappa shape index (κ2) is 7.50. The normalized spacial score (nSPS) is 16.3. The highest BCUT2D eigenvalue weighted by atomic mass is 127. The van der Waals surface area contributed by atoms with Crippen molar-refractivity contribution in [3.05, 3.63) is 0 Å². The standard InChI is InChI=1S/C10H21FI2NO/c1-5-14(4,6-2)7-8-15-9-10(11,12)13-3/h3,5-9H2,1-2,4H3/q+1. The highest BCUT2D eigenvalue weighted by Crippen LogP contribution is 2.33. The zero-order valence-corrected chi connectivity index (χ0v) is 14.0. The van der Waals surface area contributed by atoms with Crippen molar-refractivity contribution in [2.24, 2.45) is 0 Å². The van der Waals surface area contributed by atoms with Gasteiger partial charge in [0.15, 0.2) is 0 Å². The average molecular weight is 444 g/mol. The third kappa shape index (κ3) is 7.17. The summed E-state index contributed by atoms with van der Waals surface area (Å²) < 4.78 is 22.3. The quantitative estimate of drug-likeness (QED) is 0.242. The van der Waals surface area contributed by atoms with Gasteiger partial charge in [-0.05, 0) is 36.4 Å². The Hall–Kier alpha value is 1.18. The highest BCUT2D eigenvalue weighted by Gasteiger charge is 2.23. The first-order valence-electron chi connectivity index (χ1n) is 5.08. The van der Waals surface area contributed by atoms with Gasteiger partial charge in [0.2, 0.25) is 1.68 Å². The molecule has 0 amide bonds. The van der Waals surface area contributed by atoms with Crippen LogP contribution in [0.3, 0.4) is 0 Å². The summed E-state index contributed by atoms with van der Waals surface area (Å²) in [5, 5.41) is 0. The molecule has 0 heterocycles. The molecule has 0 aromatic rings. The van der Waals surface area contributed by atoms with Crippen LogP contribution >= 0.6 is 43.3 Å². The van der Waals surface area contributed by atoms with E-state index in [0.29, 0.717) is 6.61 Å².